The summed E-state index contributed by atoms with van der Waals surface area (Å²) in [6.45, 7) is 1.00. The number of likely N-dealkylation sites (N-methyl/N-ethyl adjacent to an activating group) is 2. The summed E-state index contributed by atoms with van der Waals surface area (Å²) in [6, 6.07) is 0. The number of anilines is 1. The van der Waals surface area contributed by atoms with Crippen molar-refractivity contribution in [1.29, 1.82) is 0 Å². The number of rotatable bonds is 7. The molecule has 1 saturated carbocycles. The Morgan fingerprint density at radius 1 is 1.43 bits per heavy atom. The Bertz CT molecular complexity index is 483. The summed E-state index contributed by atoms with van der Waals surface area (Å²) in [5.74, 6) is -0.182. The summed E-state index contributed by atoms with van der Waals surface area (Å²) >= 11 is 1.65. The van der Waals surface area contributed by atoms with Gasteiger partial charge in [0.1, 0.15) is 0 Å². The van der Waals surface area contributed by atoms with E-state index in [0.717, 1.165) is 17.4 Å². The second kappa shape index (κ2) is 6.75. The van der Waals surface area contributed by atoms with Crippen molar-refractivity contribution < 1.29 is 9.53 Å². The first kappa shape index (κ1) is 16.2. The predicted molar refractivity (Wildman–Crippen MR) is 86.0 cm³/mol. The van der Waals surface area contributed by atoms with Crippen LogP contribution in [-0.4, -0.2) is 56.2 Å². The SMILES string of the molecule is COC(=O)CCc1csc(N(C)CC2(N(C)C)CCC2)n1. The molecule has 0 atom stereocenters. The molecule has 0 unspecified atom stereocenters. The molecule has 0 aliphatic heterocycles. The maximum absolute atomic E-state index is 11.2. The Labute approximate surface area is 130 Å². The number of methoxy groups -OCH3 is 1. The van der Waals surface area contributed by atoms with E-state index in [1.165, 1.54) is 26.4 Å². The van der Waals surface area contributed by atoms with Crippen LogP contribution in [0.1, 0.15) is 31.4 Å². The van der Waals surface area contributed by atoms with Crippen LogP contribution in [0.15, 0.2) is 5.38 Å². The number of aryl methyl sites for hydroxylation is 1. The lowest BCUT2D eigenvalue weighted by atomic mass is 9.75. The summed E-state index contributed by atoms with van der Waals surface area (Å²) in [5, 5.41) is 3.07. The third kappa shape index (κ3) is 3.74. The van der Waals surface area contributed by atoms with Crippen molar-refractivity contribution in [3.63, 3.8) is 0 Å². The van der Waals surface area contributed by atoms with E-state index in [1.54, 1.807) is 11.3 Å². The molecule has 0 N–H and O–H groups in total. The first-order valence-electron chi connectivity index (χ1n) is 7.37. The van der Waals surface area contributed by atoms with Gasteiger partial charge in [0.05, 0.1) is 19.2 Å². The normalized spacial score (nSPS) is 16.6. The van der Waals surface area contributed by atoms with Crippen molar-refractivity contribution in [2.45, 2.75) is 37.6 Å². The van der Waals surface area contributed by atoms with E-state index >= 15 is 0 Å². The molecule has 0 spiro atoms. The fourth-order valence-electron chi connectivity index (χ4n) is 2.76. The first-order valence-corrected chi connectivity index (χ1v) is 8.24. The molecule has 0 saturated heterocycles. The van der Waals surface area contributed by atoms with E-state index in [1.807, 2.05) is 5.38 Å². The predicted octanol–water partition coefficient (Wildman–Crippen LogP) is 2.17. The summed E-state index contributed by atoms with van der Waals surface area (Å²) in [5.41, 5.74) is 1.27. The molecule has 2 rings (SSSR count). The minimum absolute atomic E-state index is 0.182. The minimum Gasteiger partial charge on any atom is -0.469 e. The average Bonchev–Trinajstić information content (AvgIpc) is 2.88. The van der Waals surface area contributed by atoms with Gasteiger partial charge in [0, 0.05) is 30.9 Å². The Morgan fingerprint density at radius 3 is 2.67 bits per heavy atom. The molecule has 0 radical (unpaired) electrons. The molecule has 21 heavy (non-hydrogen) atoms. The third-order valence-electron chi connectivity index (χ3n) is 4.44. The molecule has 6 heteroatoms. The zero-order chi connectivity index (χ0) is 15.5. The fourth-order valence-corrected chi connectivity index (χ4v) is 3.59. The summed E-state index contributed by atoms with van der Waals surface area (Å²) in [7, 11) is 7.85. The van der Waals surface area contributed by atoms with Gasteiger partial charge in [-0.2, -0.15) is 0 Å². The molecule has 1 aliphatic rings. The fraction of sp³-hybridized carbons (Fsp3) is 0.733. The highest BCUT2D eigenvalue weighted by molar-refractivity contribution is 7.13. The summed E-state index contributed by atoms with van der Waals surface area (Å²) < 4.78 is 4.66. The minimum atomic E-state index is -0.182. The second-order valence-corrected chi connectivity index (χ2v) is 6.86. The van der Waals surface area contributed by atoms with E-state index in [0.29, 0.717) is 18.4 Å². The number of nitrogens with zero attached hydrogens (tertiary/aromatic N) is 3. The van der Waals surface area contributed by atoms with Crippen molar-refractivity contribution in [2.75, 3.05) is 39.7 Å². The molecular formula is C15H25N3O2S. The molecule has 1 aromatic rings. The maximum Gasteiger partial charge on any atom is 0.305 e. The maximum atomic E-state index is 11.2. The smallest absolute Gasteiger partial charge is 0.305 e. The topological polar surface area (TPSA) is 45.7 Å². The van der Waals surface area contributed by atoms with E-state index in [-0.39, 0.29) is 5.97 Å². The highest BCUT2D eigenvalue weighted by atomic mass is 32.1. The van der Waals surface area contributed by atoms with Gasteiger partial charge in [0.25, 0.3) is 0 Å². The van der Waals surface area contributed by atoms with Crippen LogP contribution >= 0.6 is 11.3 Å². The van der Waals surface area contributed by atoms with Crippen molar-refractivity contribution >= 4 is 22.4 Å². The van der Waals surface area contributed by atoms with Crippen LogP contribution in [-0.2, 0) is 16.0 Å². The lowest BCUT2D eigenvalue weighted by molar-refractivity contribution is -0.140. The third-order valence-corrected chi connectivity index (χ3v) is 5.45. The Balaban J connectivity index is 1.92. The number of aromatic nitrogens is 1. The van der Waals surface area contributed by atoms with Gasteiger partial charge < -0.3 is 14.5 Å². The summed E-state index contributed by atoms with van der Waals surface area (Å²) in [6.07, 6.45) is 4.87. The number of ether oxygens (including phenoxy) is 1. The summed E-state index contributed by atoms with van der Waals surface area (Å²) in [4.78, 5) is 20.4. The van der Waals surface area contributed by atoms with E-state index in [4.69, 9.17) is 0 Å². The molecular weight excluding hydrogens is 286 g/mol. The van der Waals surface area contributed by atoms with Gasteiger partial charge in [-0.15, -0.1) is 11.3 Å². The highest BCUT2D eigenvalue weighted by Crippen LogP contribution is 2.37. The Morgan fingerprint density at radius 2 is 2.14 bits per heavy atom. The van der Waals surface area contributed by atoms with Gasteiger partial charge in [-0.3, -0.25) is 4.79 Å². The lowest BCUT2D eigenvalue weighted by Crippen LogP contribution is -2.56. The molecule has 5 nitrogen and oxygen atoms in total. The van der Waals surface area contributed by atoms with Gasteiger partial charge in [-0.25, -0.2) is 4.98 Å². The molecule has 0 bridgehead atoms. The van der Waals surface area contributed by atoms with Gasteiger partial charge in [0.2, 0.25) is 0 Å². The number of esters is 1. The van der Waals surface area contributed by atoms with Crippen molar-refractivity contribution in [1.82, 2.24) is 9.88 Å². The monoisotopic (exact) mass is 311 g/mol. The van der Waals surface area contributed by atoms with Crippen LogP contribution in [0.3, 0.4) is 0 Å². The van der Waals surface area contributed by atoms with Crippen LogP contribution in [0.2, 0.25) is 0 Å². The molecule has 1 aliphatic carbocycles. The molecule has 1 aromatic heterocycles. The highest BCUT2D eigenvalue weighted by Gasteiger charge is 2.40. The van der Waals surface area contributed by atoms with Gasteiger partial charge in [-0.05, 0) is 33.4 Å². The van der Waals surface area contributed by atoms with Crippen LogP contribution in [0.25, 0.3) is 0 Å². The number of carbonyl (C=O) groups is 1. The number of carbonyl (C=O) groups excluding carboxylic acids is 1. The largest absolute Gasteiger partial charge is 0.469 e. The first-order chi connectivity index (χ1) is 9.97. The van der Waals surface area contributed by atoms with E-state index in [2.05, 4.69) is 40.7 Å². The van der Waals surface area contributed by atoms with Gasteiger partial charge >= 0.3 is 5.97 Å². The van der Waals surface area contributed by atoms with Crippen LogP contribution in [0.4, 0.5) is 5.13 Å². The zero-order valence-electron chi connectivity index (χ0n) is 13.4. The van der Waals surface area contributed by atoms with E-state index in [9.17, 15) is 4.79 Å². The van der Waals surface area contributed by atoms with Crippen molar-refractivity contribution in [2.24, 2.45) is 0 Å². The Kier molecular flexibility index (Phi) is 5.22. The lowest BCUT2D eigenvalue weighted by Gasteiger charge is -2.49. The number of thiazole rings is 1. The molecule has 0 amide bonds. The zero-order valence-corrected chi connectivity index (χ0v) is 14.2. The average molecular weight is 311 g/mol. The molecule has 1 fully saturated rings. The van der Waals surface area contributed by atoms with Crippen LogP contribution < -0.4 is 4.90 Å². The van der Waals surface area contributed by atoms with E-state index < -0.39 is 0 Å². The van der Waals surface area contributed by atoms with Crippen molar-refractivity contribution in [3.8, 4) is 0 Å². The molecule has 1 heterocycles. The quantitative estimate of drug-likeness (QED) is 0.722. The van der Waals surface area contributed by atoms with Crippen LogP contribution in [0, 0.1) is 0 Å². The standard InChI is InChI=1S/C15H25N3O2S/c1-17(2)15(8-5-9-15)11-18(3)14-16-12(10-21-14)6-7-13(19)20-4/h10H,5-9,11H2,1-4H3. The number of hydrogen-bond acceptors (Lipinski definition) is 6. The van der Waals surface area contributed by atoms with Crippen LogP contribution in [0.5, 0.6) is 0 Å². The van der Waals surface area contributed by atoms with Crippen molar-refractivity contribution in [3.05, 3.63) is 11.1 Å². The molecule has 118 valence electrons. The molecule has 0 aromatic carbocycles. The Hall–Kier alpha value is -1.14. The van der Waals surface area contributed by atoms with Gasteiger partial charge in [0.15, 0.2) is 5.13 Å². The number of hydrogen-bond donors (Lipinski definition) is 0. The second-order valence-electron chi connectivity index (χ2n) is 6.03. The van der Waals surface area contributed by atoms with Gasteiger partial charge in [-0.1, -0.05) is 0 Å².